The first kappa shape index (κ1) is 22.9. The third-order valence-electron chi connectivity index (χ3n) is 5.02. The number of rotatable bonds is 11. The maximum absolute atomic E-state index is 12.4. The number of hydrogen-bond donors (Lipinski definition) is 2. The molecule has 0 aliphatic heterocycles. The fraction of sp³-hybridized carbons (Fsp3) is 0.280. The van der Waals surface area contributed by atoms with E-state index in [0.29, 0.717) is 24.5 Å². The average Bonchev–Trinajstić information content (AvgIpc) is 2.85. The van der Waals surface area contributed by atoms with Gasteiger partial charge in [-0.25, -0.2) is 9.97 Å². The Labute approximate surface area is 188 Å². The van der Waals surface area contributed by atoms with E-state index in [0.717, 1.165) is 37.1 Å². The fourth-order valence-corrected chi connectivity index (χ4v) is 3.28. The maximum atomic E-state index is 12.4. The lowest BCUT2D eigenvalue weighted by molar-refractivity contribution is -0.120. The van der Waals surface area contributed by atoms with Crippen molar-refractivity contribution in [2.45, 2.75) is 32.1 Å². The summed E-state index contributed by atoms with van der Waals surface area (Å²) in [4.78, 5) is 34.5. The number of para-hydroxylation sites is 2. The standard InChI is InChI=1S/C25H29N5O2/c1-26-23(31)16-10-2-3-11-17-27-24(32)20-18-28-25(29-19-20)30(21-12-6-4-7-13-21)22-14-8-5-9-15-22/h4-9,12-15,18-19H,2-3,10-11,16-17H2,1H3,(H,26,31)(H,27,32). The quantitative estimate of drug-likeness (QED) is 0.440. The SMILES string of the molecule is CNC(=O)CCCCCCNC(=O)c1cnc(N(c2ccccc2)c2ccccc2)nc1. The molecule has 0 aliphatic rings. The Morgan fingerprint density at radius 1 is 0.812 bits per heavy atom. The van der Waals surface area contributed by atoms with E-state index in [1.54, 1.807) is 19.4 Å². The summed E-state index contributed by atoms with van der Waals surface area (Å²) in [6.45, 7) is 0.584. The Bertz CT molecular complexity index is 939. The molecule has 3 rings (SSSR count). The van der Waals surface area contributed by atoms with Crippen molar-refractivity contribution < 1.29 is 9.59 Å². The van der Waals surface area contributed by atoms with Crippen LogP contribution in [0.15, 0.2) is 73.1 Å². The van der Waals surface area contributed by atoms with E-state index >= 15 is 0 Å². The second-order valence-electron chi connectivity index (χ2n) is 7.37. The first-order valence-corrected chi connectivity index (χ1v) is 10.9. The van der Waals surface area contributed by atoms with E-state index in [2.05, 4.69) is 20.6 Å². The van der Waals surface area contributed by atoms with Crippen molar-refractivity contribution >= 4 is 29.1 Å². The van der Waals surface area contributed by atoms with Gasteiger partial charge in [-0.2, -0.15) is 0 Å². The highest BCUT2D eigenvalue weighted by atomic mass is 16.2. The first-order valence-electron chi connectivity index (χ1n) is 10.9. The van der Waals surface area contributed by atoms with Crippen LogP contribution in [0.25, 0.3) is 0 Å². The summed E-state index contributed by atoms with van der Waals surface area (Å²) in [7, 11) is 1.65. The molecule has 1 aromatic heterocycles. The number of aromatic nitrogens is 2. The zero-order valence-corrected chi connectivity index (χ0v) is 18.3. The summed E-state index contributed by atoms with van der Waals surface area (Å²) < 4.78 is 0. The molecule has 7 nitrogen and oxygen atoms in total. The van der Waals surface area contributed by atoms with Crippen LogP contribution < -0.4 is 15.5 Å². The Morgan fingerprint density at radius 2 is 1.38 bits per heavy atom. The molecule has 0 atom stereocenters. The fourth-order valence-electron chi connectivity index (χ4n) is 3.28. The number of benzene rings is 2. The Balaban J connectivity index is 1.56. The van der Waals surface area contributed by atoms with E-state index in [1.807, 2.05) is 65.6 Å². The summed E-state index contributed by atoms with van der Waals surface area (Å²) in [5, 5.41) is 5.53. The number of anilines is 3. The van der Waals surface area contributed by atoms with E-state index in [9.17, 15) is 9.59 Å². The molecule has 7 heteroatoms. The molecule has 1 heterocycles. The van der Waals surface area contributed by atoms with Crippen molar-refractivity contribution in [3.05, 3.63) is 78.6 Å². The minimum Gasteiger partial charge on any atom is -0.359 e. The van der Waals surface area contributed by atoms with E-state index < -0.39 is 0 Å². The minimum absolute atomic E-state index is 0.0693. The molecule has 0 saturated carbocycles. The number of hydrogen-bond acceptors (Lipinski definition) is 5. The van der Waals surface area contributed by atoms with Gasteiger partial charge in [0.1, 0.15) is 0 Å². The number of carbonyl (C=O) groups is 2. The lowest BCUT2D eigenvalue weighted by atomic mass is 10.1. The van der Waals surface area contributed by atoms with E-state index in [1.165, 1.54) is 0 Å². The van der Waals surface area contributed by atoms with Gasteiger partial charge in [-0.3, -0.25) is 14.5 Å². The highest BCUT2D eigenvalue weighted by Crippen LogP contribution is 2.31. The van der Waals surface area contributed by atoms with Crippen LogP contribution in [0.4, 0.5) is 17.3 Å². The van der Waals surface area contributed by atoms with Crippen LogP contribution in [0.2, 0.25) is 0 Å². The van der Waals surface area contributed by atoms with Gasteiger partial charge >= 0.3 is 0 Å². The van der Waals surface area contributed by atoms with Crippen LogP contribution in [0, 0.1) is 0 Å². The summed E-state index contributed by atoms with van der Waals surface area (Å²) in [6, 6.07) is 19.7. The van der Waals surface area contributed by atoms with Crippen molar-refractivity contribution in [1.82, 2.24) is 20.6 Å². The predicted molar refractivity (Wildman–Crippen MR) is 126 cm³/mol. The number of nitrogens with zero attached hydrogens (tertiary/aromatic N) is 3. The molecule has 2 N–H and O–H groups in total. The monoisotopic (exact) mass is 431 g/mol. The smallest absolute Gasteiger partial charge is 0.254 e. The highest BCUT2D eigenvalue weighted by molar-refractivity contribution is 5.93. The van der Waals surface area contributed by atoms with Gasteiger partial charge in [-0.15, -0.1) is 0 Å². The highest BCUT2D eigenvalue weighted by Gasteiger charge is 2.15. The molecule has 32 heavy (non-hydrogen) atoms. The largest absolute Gasteiger partial charge is 0.359 e. The van der Waals surface area contributed by atoms with Crippen LogP contribution in [0.5, 0.6) is 0 Å². The van der Waals surface area contributed by atoms with Gasteiger partial charge in [0.25, 0.3) is 5.91 Å². The molecule has 166 valence electrons. The molecule has 0 unspecified atom stereocenters. The topological polar surface area (TPSA) is 87.2 Å². The lowest BCUT2D eigenvalue weighted by Crippen LogP contribution is -2.25. The Hall–Kier alpha value is -3.74. The number of carbonyl (C=O) groups excluding carboxylic acids is 2. The van der Waals surface area contributed by atoms with Gasteiger partial charge in [0.05, 0.1) is 5.56 Å². The summed E-state index contributed by atoms with van der Waals surface area (Å²) in [5.41, 5.74) is 2.30. The van der Waals surface area contributed by atoms with Gasteiger partial charge in [0, 0.05) is 43.8 Å². The van der Waals surface area contributed by atoms with Gasteiger partial charge < -0.3 is 10.6 Å². The molecule has 0 saturated heterocycles. The van der Waals surface area contributed by atoms with Crippen molar-refractivity contribution in [1.29, 1.82) is 0 Å². The predicted octanol–water partition coefficient (Wildman–Crippen LogP) is 4.37. The van der Waals surface area contributed by atoms with Crippen LogP contribution in [0.3, 0.4) is 0 Å². The molecule has 2 amide bonds. The second kappa shape index (κ2) is 12.2. The summed E-state index contributed by atoms with van der Waals surface area (Å²) in [5.74, 6) is 0.378. The Kier molecular flexibility index (Phi) is 8.74. The van der Waals surface area contributed by atoms with Crippen molar-refractivity contribution in [3.8, 4) is 0 Å². The zero-order valence-electron chi connectivity index (χ0n) is 18.3. The molecule has 2 aromatic carbocycles. The van der Waals surface area contributed by atoms with E-state index in [4.69, 9.17) is 0 Å². The molecule has 0 aliphatic carbocycles. The number of unbranched alkanes of at least 4 members (excludes halogenated alkanes) is 3. The first-order chi connectivity index (χ1) is 15.7. The van der Waals surface area contributed by atoms with Crippen LogP contribution in [-0.2, 0) is 4.79 Å². The summed E-state index contributed by atoms with van der Waals surface area (Å²) in [6.07, 6.45) is 7.33. The van der Waals surface area contributed by atoms with Crippen molar-refractivity contribution in [3.63, 3.8) is 0 Å². The van der Waals surface area contributed by atoms with Crippen molar-refractivity contribution in [2.24, 2.45) is 0 Å². The molecule has 0 radical (unpaired) electrons. The number of amides is 2. The van der Waals surface area contributed by atoms with Gasteiger partial charge in [0.15, 0.2) is 0 Å². The van der Waals surface area contributed by atoms with Gasteiger partial charge in [0.2, 0.25) is 11.9 Å². The average molecular weight is 432 g/mol. The molecular formula is C25H29N5O2. The number of nitrogens with one attached hydrogen (secondary N) is 2. The van der Waals surface area contributed by atoms with Crippen LogP contribution in [-0.4, -0.2) is 35.4 Å². The zero-order chi connectivity index (χ0) is 22.6. The summed E-state index contributed by atoms with van der Waals surface area (Å²) >= 11 is 0. The maximum Gasteiger partial charge on any atom is 0.254 e. The van der Waals surface area contributed by atoms with Crippen LogP contribution in [0.1, 0.15) is 42.5 Å². The van der Waals surface area contributed by atoms with E-state index in [-0.39, 0.29) is 11.8 Å². The minimum atomic E-state index is -0.187. The molecule has 0 spiro atoms. The third kappa shape index (κ3) is 6.63. The second-order valence-corrected chi connectivity index (χ2v) is 7.37. The molecule has 0 bridgehead atoms. The molecule has 3 aromatic rings. The molecular weight excluding hydrogens is 402 g/mol. The molecule has 0 fully saturated rings. The lowest BCUT2D eigenvalue weighted by Gasteiger charge is -2.22. The van der Waals surface area contributed by atoms with Gasteiger partial charge in [-0.05, 0) is 37.1 Å². The van der Waals surface area contributed by atoms with Gasteiger partial charge in [-0.1, -0.05) is 49.2 Å². The van der Waals surface area contributed by atoms with Crippen molar-refractivity contribution in [2.75, 3.05) is 18.5 Å². The Morgan fingerprint density at radius 3 is 1.94 bits per heavy atom. The van der Waals surface area contributed by atoms with Crippen LogP contribution >= 0.6 is 0 Å². The normalized spacial score (nSPS) is 10.4. The third-order valence-corrected chi connectivity index (χ3v) is 5.02.